The van der Waals surface area contributed by atoms with E-state index in [2.05, 4.69) is 42.5 Å². The molecule has 12 N–H and O–H groups in total. The molecule has 0 saturated heterocycles. The summed E-state index contributed by atoms with van der Waals surface area (Å²) in [5.41, 5.74) is 6.77. The maximum atomic E-state index is 14.2. The minimum Gasteiger partial charge on any atom is -0.480 e. The zero-order valence-electron chi connectivity index (χ0n) is 41.3. The number of nitrogens with one attached hydrogen (secondary N) is 8. The lowest BCUT2D eigenvalue weighted by molar-refractivity contribution is -0.144. The van der Waals surface area contributed by atoms with Crippen molar-refractivity contribution in [2.75, 3.05) is 13.1 Å². The molecule has 0 spiro atoms. The normalized spacial score (nSPS) is 15.2. The average Bonchev–Trinajstić information content (AvgIpc) is 3.27. The molecule has 20 heteroatoms. The molecule has 0 saturated carbocycles. The van der Waals surface area contributed by atoms with Gasteiger partial charge in [-0.15, -0.1) is 0 Å². The molecule has 9 atom stereocenters. The van der Waals surface area contributed by atoms with Gasteiger partial charge in [0.25, 0.3) is 0 Å². The van der Waals surface area contributed by atoms with Crippen molar-refractivity contribution in [1.82, 2.24) is 42.5 Å². The van der Waals surface area contributed by atoms with Gasteiger partial charge in [0.1, 0.15) is 42.3 Å². The number of carboxylic acids is 1. The number of carbonyl (C=O) groups excluding carboxylic acids is 8. The van der Waals surface area contributed by atoms with Gasteiger partial charge in [0.15, 0.2) is 0 Å². The third-order valence-corrected chi connectivity index (χ3v) is 11.2. The van der Waals surface area contributed by atoms with Gasteiger partial charge >= 0.3 is 5.97 Å². The molecule has 2 rings (SSSR count). The van der Waals surface area contributed by atoms with Crippen molar-refractivity contribution in [3.05, 3.63) is 71.8 Å². The lowest BCUT2D eigenvalue weighted by Crippen LogP contribution is -2.60. The Morgan fingerprint density at radius 3 is 1.52 bits per heavy atom. The molecule has 0 aromatic heterocycles. The number of hydrogen-bond acceptors (Lipinski definition) is 11. The van der Waals surface area contributed by atoms with Crippen LogP contribution in [0.5, 0.6) is 0 Å². The number of carbonyl (C=O) groups is 9. The lowest BCUT2D eigenvalue weighted by atomic mass is 9.92. The highest BCUT2D eigenvalue weighted by Crippen LogP contribution is 2.16. The van der Waals surface area contributed by atoms with Crippen LogP contribution in [0.25, 0.3) is 0 Å². The van der Waals surface area contributed by atoms with Gasteiger partial charge in [-0.2, -0.15) is 0 Å². The van der Waals surface area contributed by atoms with E-state index in [0.29, 0.717) is 17.5 Å². The Hall–Kier alpha value is -6.41. The highest BCUT2D eigenvalue weighted by atomic mass is 16.4. The molecule has 8 amide bonds. The molecule has 2 aromatic carbocycles. The molecule has 0 bridgehead atoms. The van der Waals surface area contributed by atoms with E-state index >= 15 is 0 Å². The van der Waals surface area contributed by atoms with Crippen LogP contribution in [0, 0.1) is 29.6 Å². The van der Waals surface area contributed by atoms with Crippen LogP contribution in [0.4, 0.5) is 0 Å². The van der Waals surface area contributed by atoms with E-state index in [9.17, 15) is 53.4 Å². The number of aliphatic hydroxyl groups is 1. The molecule has 0 heterocycles. The molecular weight excluding hydrogens is 891 g/mol. The van der Waals surface area contributed by atoms with E-state index in [1.165, 1.54) is 6.92 Å². The first-order valence-electron chi connectivity index (χ1n) is 23.5. The van der Waals surface area contributed by atoms with Crippen molar-refractivity contribution in [3.8, 4) is 0 Å². The van der Waals surface area contributed by atoms with E-state index < -0.39 is 114 Å². The Bertz CT molecular complexity index is 2020. The van der Waals surface area contributed by atoms with Crippen molar-refractivity contribution in [3.63, 3.8) is 0 Å². The topological polar surface area (TPSA) is 316 Å². The van der Waals surface area contributed by atoms with Gasteiger partial charge in [-0.1, -0.05) is 122 Å². The van der Waals surface area contributed by atoms with Crippen LogP contribution in [0.3, 0.4) is 0 Å². The second-order valence-corrected chi connectivity index (χ2v) is 18.6. The standard InChI is InChI=1S/C49H75N9O11/c1-10-30(8)41(57-38(60)25-50)47(66)53-34(21-27(2)3)43(62)51-26-39(61)55-37(24-33-19-15-12-16-20-33)56-46(65)40(29(6)7)45(64)52-35(23-32-17-13-11-14-18-32)44(63)58-42(31(9)59)48(67)54-36(49(68)69)22-28(4)5/h11-20,27-31,34-37,40-42,59H,10,21-26,50H2,1-9H3,(H,51,62)(H,52,64)(H,53,66)(H,54,67)(H,55,61)(H,56,65)(H,57,60)(H,58,63)(H,68,69)/t30-,31+,34-,35-,36-,37+,40?,41-,42-/m0/s1. The first kappa shape index (κ1) is 58.7. The van der Waals surface area contributed by atoms with E-state index in [-0.39, 0.29) is 50.0 Å². The molecule has 0 aliphatic carbocycles. The van der Waals surface area contributed by atoms with Crippen molar-refractivity contribution in [2.45, 2.75) is 137 Å². The van der Waals surface area contributed by atoms with Crippen LogP contribution < -0.4 is 48.3 Å². The Morgan fingerprint density at radius 1 is 0.536 bits per heavy atom. The zero-order valence-corrected chi connectivity index (χ0v) is 41.3. The predicted molar refractivity (Wildman–Crippen MR) is 258 cm³/mol. The number of carboxylic acid groups (broad SMARTS) is 1. The average molecular weight is 966 g/mol. The third-order valence-electron chi connectivity index (χ3n) is 11.2. The summed E-state index contributed by atoms with van der Waals surface area (Å²) in [6.45, 7) is 14.5. The SMILES string of the molecule is CC[C@H](C)[C@H](NC(=O)CN)C(=O)N[C@@H](CC(C)C)C(=O)NCC(=O)N[C@@H](Cc1ccccc1)NC(=O)C(C(=O)N[C@@H](Cc1ccccc1)C(=O)N[C@H](C(=O)N[C@@H](CC(C)C)C(=O)O)[C@@H](C)O)C(C)C. The summed E-state index contributed by atoms with van der Waals surface area (Å²) < 4.78 is 0. The molecule has 0 radical (unpaired) electrons. The van der Waals surface area contributed by atoms with Crippen LogP contribution in [0.2, 0.25) is 0 Å². The van der Waals surface area contributed by atoms with Gasteiger partial charge in [0, 0.05) is 12.8 Å². The van der Waals surface area contributed by atoms with Crippen LogP contribution in [0.15, 0.2) is 60.7 Å². The maximum absolute atomic E-state index is 14.2. The number of aliphatic carboxylic acids is 1. The van der Waals surface area contributed by atoms with Gasteiger partial charge in [-0.25, -0.2) is 4.79 Å². The van der Waals surface area contributed by atoms with Crippen molar-refractivity contribution >= 4 is 53.2 Å². The number of hydrogen-bond donors (Lipinski definition) is 11. The summed E-state index contributed by atoms with van der Waals surface area (Å²) in [5.74, 6) is -9.89. The summed E-state index contributed by atoms with van der Waals surface area (Å²) >= 11 is 0. The Kier molecular flexibility index (Phi) is 25.1. The van der Waals surface area contributed by atoms with Gasteiger partial charge in [0.05, 0.1) is 19.2 Å². The molecule has 2 aromatic rings. The van der Waals surface area contributed by atoms with Gasteiger partial charge in [-0.3, -0.25) is 38.4 Å². The number of nitrogens with two attached hydrogens (primary N) is 1. The largest absolute Gasteiger partial charge is 0.480 e. The summed E-state index contributed by atoms with van der Waals surface area (Å²) in [7, 11) is 0. The number of amides is 8. The zero-order chi connectivity index (χ0) is 52.0. The number of aliphatic hydroxyl groups excluding tert-OH is 1. The Morgan fingerprint density at radius 2 is 1.03 bits per heavy atom. The molecule has 0 aliphatic rings. The van der Waals surface area contributed by atoms with Crippen LogP contribution >= 0.6 is 0 Å². The van der Waals surface area contributed by atoms with Crippen molar-refractivity contribution < 1.29 is 53.4 Å². The molecule has 382 valence electrons. The summed E-state index contributed by atoms with van der Waals surface area (Å²) in [6.07, 6.45) is -1.82. The minimum absolute atomic E-state index is 0.0536. The first-order chi connectivity index (χ1) is 32.5. The first-order valence-corrected chi connectivity index (χ1v) is 23.5. The highest BCUT2D eigenvalue weighted by molar-refractivity contribution is 6.03. The monoisotopic (exact) mass is 966 g/mol. The highest BCUT2D eigenvalue weighted by Gasteiger charge is 2.37. The fourth-order valence-corrected chi connectivity index (χ4v) is 7.34. The summed E-state index contributed by atoms with van der Waals surface area (Å²) in [6, 6.07) is 11.1. The van der Waals surface area contributed by atoms with Crippen LogP contribution in [-0.4, -0.2) is 119 Å². The molecule has 1 unspecified atom stereocenters. The van der Waals surface area contributed by atoms with E-state index in [0.717, 1.165) is 0 Å². The third kappa shape index (κ3) is 20.8. The number of rotatable bonds is 29. The fourth-order valence-electron chi connectivity index (χ4n) is 7.34. The molecule has 69 heavy (non-hydrogen) atoms. The molecular formula is C49H75N9O11. The van der Waals surface area contributed by atoms with Crippen molar-refractivity contribution in [1.29, 1.82) is 0 Å². The van der Waals surface area contributed by atoms with Gasteiger partial charge < -0.3 is 58.5 Å². The van der Waals surface area contributed by atoms with Gasteiger partial charge in [0.2, 0.25) is 47.3 Å². The summed E-state index contributed by atoms with van der Waals surface area (Å²) in [4.78, 5) is 120. The maximum Gasteiger partial charge on any atom is 0.326 e. The number of benzene rings is 2. The molecule has 0 aliphatic heterocycles. The lowest BCUT2D eigenvalue weighted by Gasteiger charge is -2.29. The minimum atomic E-state index is -1.62. The van der Waals surface area contributed by atoms with Crippen LogP contribution in [0.1, 0.15) is 92.7 Å². The smallest absolute Gasteiger partial charge is 0.326 e. The second kappa shape index (κ2) is 29.5. The Labute approximate surface area is 405 Å². The molecule has 0 fully saturated rings. The fraction of sp³-hybridized carbons (Fsp3) is 0.571. The quantitative estimate of drug-likeness (QED) is 0.0390. The van der Waals surface area contributed by atoms with E-state index in [1.807, 2.05) is 20.8 Å². The Balaban J connectivity index is 2.35. The summed E-state index contributed by atoms with van der Waals surface area (Å²) in [5, 5.41) is 41.1. The van der Waals surface area contributed by atoms with Crippen molar-refractivity contribution in [2.24, 2.45) is 35.3 Å². The van der Waals surface area contributed by atoms with Gasteiger partial charge in [-0.05, 0) is 54.6 Å². The predicted octanol–water partition coefficient (Wildman–Crippen LogP) is 0.405. The molecule has 20 nitrogen and oxygen atoms in total. The second-order valence-electron chi connectivity index (χ2n) is 18.6. The van der Waals surface area contributed by atoms with E-state index in [1.54, 1.807) is 95.3 Å². The van der Waals surface area contributed by atoms with E-state index in [4.69, 9.17) is 5.73 Å². The van der Waals surface area contributed by atoms with Crippen LogP contribution in [-0.2, 0) is 56.0 Å².